The molecule has 2 aromatic rings. The van der Waals surface area contributed by atoms with Crippen LogP contribution >= 0.6 is 0 Å². The predicted octanol–water partition coefficient (Wildman–Crippen LogP) is 3.24. The molecule has 5 heteroatoms. The Hall–Kier alpha value is -1.88. The van der Waals surface area contributed by atoms with Crippen LogP contribution in [0.2, 0.25) is 0 Å². The highest BCUT2D eigenvalue weighted by Crippen LogP contribution is 2.33. The number of carbonyl (C=O) groups excluding carboxylic acids is 1. The van der Waals surface area contributed by atoms with Crippen molar-refractivity contribution in [3.8, 4) is 0 Å². The van der Waals surface area contributed by atoms with Crippen molar-refractivity contribution in [2.24, 2.45) is 0 Å². The van der Waals surface area contributed by atoms with Gasteiger partial charge in [0.25, 0.3) is 0 Å². The zero-order valence-electron chi connectivity index (χ0n) is 14.5. The van der Waals surface area contributed by atoms with Crippen LogP contribution < -0.4 is 5.32 Å². The van der Waals surface area contributed by atoms with Crippen LogP contribution in [0, 0.1) is 0 Å². The first-order valence-corrected chi connectivity index (χ1v) is 9.00. The number of aromatic nitrogens is 2. The standard InChI is InChI=1S/C19H27N3O2/c1-24-13-7-12-20-18(23)14-22-17-11-6-5-10-16(17)21-19(22)15-8-3-2-4-9-15/h5-6,10-11,15H,2-4,7-9,12-14H2,1H3,(H,20,23). The number of nitrogens with one attached hydrogen (secondary N) is 1. The molecule has 0 atom stereocenters. The molecule has 5 nitrogen and oxygen atoms in total. The van der Waals surface area contributed by atoms with Crippen LogP contribution in [0.1, 0.15) is 50.3 Å². The molecule has 1 N–H and O–H groups in total. The molecule has 1 saturated carbocycles. The number of ether oxygens (including phenoxy) is 1. The third-order valence-corrected chi connectivity index (χ3v) is 4.80. The summed E-state index contributed by atoms with van der Waals surface area (Å²) in [5, 5.41) is 2.98. The van der Waals surface area contributed by atoms with Crippen LogP contribution in [0.25, 0.3) is 11.0 Å². The van der Waals surface area contributed by atoms with Crippen LogP contribution in [0.5, 0.6) is 0 Å². The first-order chi connectivity index (χ1) is 11.8. The van der Waals surface area contributed by atoms with Crippen molar-refractivity contribution < 1.29 is 9.53 Å². The summed E-state index contributed by atoms with van der Waals surface area (Å²) in [6.45, 7) is 1.67. The average Bonchev–Trinajstić information content (AvgIpc) is 2.98. The van der Waals surface area contributed by atoms with Crippen LogP contribution in [0.4, 0.5) is 0 Å². The molecule has 0 spiro atoms. The molecule has 1 heterocycles. The minimum Gasteiger partial charge on any atom is -0.385 e. The molecule has 1 aliphatic rings. The highest BCUT2D eigenvalue weighted by molar-refractivity contribution is 5.81. The summed E-state index contributed by atoms with van der Waals surface area (Å²) >= 11 is 0. The summed E-state index contributed by atoms with van der Waals surface area (Å²) in [4.78, 5) is 17.2. The first-order valence-electron chi connectivity index (χ1n) is 9.00. The summed E-state index contributed by atoms with van der Waals surface area (Å²) in [7, 11) is 1.68. The van der Waals surface area contributed by atoms with Gasteiger partial charge >= 0.3 is 0 Å². The number of fused-ring (bicyclic) bond motifs is 1. The van der Waals surface area contributed by atoms with Gasteiger partial charge in [-0.15, -0.1) is 0 Å². The highest BCUT2D eigenvalue weighted by Gasteiger charge is 2.23. The lowest BCUT2D eigenvalue weighted by Crippen LogP contribution is -2.30. The molecule has 130 valence electrons. The van der Waals surface area contributed by atoms with E-state index in [2.05, 4.69) is 16.0 Å². The first kappa shape index (κ1) is 17.0. The fourth-order valence-corrected chi connectivity index (χ4v) is 3.58. The van der Waals surface area contributed by atoms with Crippen molar-refractivity contribution in [3.05, 3.63) is 30.1 Å². The molecule has 1 amide bonds. The van der Waals surface area contributed by atoms with Gasteiger partial charge in [-0.1, -0.05) is 31.4 Å². The molecular formula is C19H27N3O2. The second kappa shape index (κ2) is 8.29. The van der Waals surface area contributed by atoms with Crippen LogP contribution in [-0.2, 0) is 16.1 Å². The van der Waals surface area contributed by atoms with Crippen LogP contribution in [0.15, 0.2) is 24.3 Å². The maximum Gasteiger partial charge on any atom is 0.240 e. The summed E-state index contributed by atoms with van der Waals surface area (Å²) in [6.07, 6.45) is 7.03. The Kier molecular flexibility index (Phi) is 5.86. The van der Waals surface area contributed by atoms with Gasteiger partial charge in [-0.05, 0) is 31.4 Å². The highest BCUT2D eigenvalue weighted by atomic mass is 16.5. The maximum absolute atomic E-state index is 12.4. The van der Waals surface area contributed by atoms with E-state index in [4.69, 9.17) is 9.72 Å². The van der Waals surface area contributed by atoms with Crippen molar-refractivity contribution >= 4 is 16.9 Å². The lowest BCUT2D eigenvalue weighted by Gasteiger charge is -2.22. The summed E-state index contributed by atoms with van der Waals surface area (Å²) in [5.74, 6) is 1.61. The van der Waals surface area contributed by atoms with E-state index in [0.29, 0.717) is 25.6 Å². The molecule has 1 aliphatic carbocycles. The topological polar surface area (TPSA) is 56.1 Å². The number of nitrogens with zero attached hydrogens (tertiary/aromatic N) is 2. The molecule has 3 rings (SSSR count). The lowest BCUT2D eigenvalue weighted by molar-refractivity contribution is -0.121. The minimum absolute atomic E-state index is 0.0475. The normalized spacial score (nSPS) is 15.7. The van der Waals surface area contributed by atoms with Gasteiger partial charge in [0.2, 0.25) is 5.91 Å². The van der Waals surface area contributed by atoms with Gasteiger partial charge in [0.05, 0.1) is 11.0 Å². The Morgan fingerprint density at radius 1 is 1.29 bits per heavy atom. The minimum atomic E-state index is 0.0475. The monoisotopic (exact) mass is 329 g/mol. The Labute approximate surface area is 143 Å². The molecule has 1 aromatic carbocycles. The number of hydrogen-bond donors (Lipinski definition) is 1. The van der Waals surface area contributed by atoms with Crippen molar-refractivity contribution in [1.29, 1.82) is 0 Å². The molecular weight excluding hydrogens is 302 g/mol. The van der Waals surface area contributed by atoms with E-state index in [1.165, 1.54) is 32.1 Å². The zero-order chi connectivity index (χ0) is 16.8. The van der Waals surface area contributed by atoms with E-state index in [1.54, 1.807) is 7.11 Å². The van der Waals surface area contributed by atoms with Crippen LogP contribution in [-0.4, -0.2) is 35.7 Å². The van der Waals surface area contributed by atoms with Gasteiger partial charge in [0, 0.05) is 26.2 Å². The van der Waals surface area contributed by atoms with Gasteiger partial charge in [-0.2, -0.15) is 0 Å². The number of para-hydroxylation sites is 2. The van der Waals surface area contributed by atoms with Crippen molar-refractivity contribution in [2.45, 2.75) is 51.0 Å². The number of hydrogen-bond acceptors (Lipinski definition) is 3. The van der Waals surface area contributed by atoms with Crippen molar-refractivity contribution in [2.75, 3.05) is 20.3 Å². The van der Waals surface area contributed by atoms with E-state index >= 15 is 0 Å². The summed E-state index contributed by atoms with van der Waals surface area (Å²) < 4.78 is 7.14. The number of methoxy groups -OCH3 is 1. The number of imidazole rings is 1. The van der Waals surface area contributed by atoms with Gasteiger partial charge in [-0.25, -0.2) is 4.98 Å². The number of amides is 1. The fraction of sp³-hybridized carbons (Fsp3) is 0.579. The smallest absolute Gasteiger partial charge is 0.240 e. The molecule has 0 unspecified atom stereocenters. The second-order valence-corrected chi connectivity index (χ2v) is 6.58. The van der Waals surface area contributed by atoms with E-state index in [9.17, 15) is 4.79 Å². The average molecular weight is 329 g/mol. The van der Waals surface area contributed by atoms with Crippen molar-refractivity contribution in [1.82, 2.24) is 14.9 Å². The van der Waals surface area contributed by atoms with E-state index in [1.807, 2.05) is 18.2 Å². The molecule has 24 heavy (non-hydrogen) atoms. The van der Waals surface area contributed by atoms with Gasteiger partial charge in [0.1, 0.15) is 12.4 Å². The zero-order valence-corrected chi connectivity index (χ0v) is 14.5. The Morgan fingerprint density at radius 3 is 2.88 bits per heavy atom. The van der Waals surface area contributed by atoms with E-state index in [-0.39, 0.29) is 5.91 Å². The predicted molar refractivity (Wildman–Crippen MR) is 95.1 cm³/mol. The third kappa shape index (κ3) is 3.96. The van der Waals surface area contributed by atoms with Gasteiger partial charge in [-0.3, -0.25) is 4.79 Å². The van der Waals surface area contributed by atoms with E-state index < -0.39 is 0 Å². The summed E-state index contributed by atoms with van der Waals surface area (Å²) in [6, 6.07) is 8.12. The van der Waals surface area contributed by atoms with Gasteiger partial charge < -0.3 is 14.6 Å². The SMILES string of the molecule is COCCCNC(=O)Cn1c(C2CCCCC2)nc2ccccc21. The number of benzene rings is 1. The molecule has 1 aromatic heterocycles. The lowest BCUT2D eigenvalue weighted by atomic mass is 9.88. The number of carbonyl (C=O) groups is 1. The van der Waals surface area contributed by atoms with E-state index in [0.717, 1.165) is 23.3 Å². The maximum atomic E-state index is 12.4. The van der Waals surface area contributed by atoms with Crippen LogP contribution in [0.3, 0.4) is 0 Å². The fourth-order valence-electron chi connectivity index (χ4n) is 3.58. The Morgan fingerprint density at radius 2 is 2.08 bits per heavy atom. The molecule has 0 aliphatic heterocycles. The quantitative estimate of drug-likeness (QED) is 0.794. The molecule has 1 fully saturated rings. The second-order valence-electron chi connectivity index (χ2n) is 6.58. The summed E-state index contributed by atoms with van der Waals surface area (Å²) in [5.41, 5.74) is 2.05. The van der Waals surface area contributed by atoms with Crippen molar-refractivity contribution in [3.63, 3.8) is 0 Å². The number of rotatable bonds is 7. The largest absolute Gasteiger partial charge is 0.385 e. The Bertz CT molecular complexity index is 674. The molecule has 0 radical (unpaired) electrons. The third-order valence-electron chi connectivity index (χ3n) is 4.80. The molecule has 0 saturated heterocycles. The van der Waals surface area contributed by atoms with Gasteiger partial charge in [0.15, 0.2) is 0 Å². The molecule has 0 bridgehead atoms. The Balaban J connectivity index is 1.78.